The molecule has 55 heavy (non-hydrogen) atoms. The van der Waals surface area contributed by atoms with Crippen molar-refractivity contribution >= 4 is 35.3 Å². The topological polar surface area (TPSA) is 9.86 Å². The Bertz CT molecular complexity index is 2430. The molecule has 2 nitrogen and oxygen atoms in total. The van der Waals surface area contributed by atoms with E-state index in [9.17, 15) is 0 Å². The van der Waals surface area contributed by atoms with Crippen LogP contribution in [0.1, 0.15) is 77.6 Å². The summed E-state index contributed by atoms with van der Waals surface area (Å²) in [7, 11) is 0. The third-order valence-electron chi connectivity index (χ3n) is 10.6. The molecule has 0 fully saturated rings. The number of hydrogen-bond donors (Lipinski definition) is 0. The summed E-state index contributed by atoms with van der Waals surface area (Å²) in [5, 5.41) is 2.62. The lowest BCUT2D eigenvalue weighted by Gasteiger charge is -2.19. The van der Waals surface area contributed by atoms with Crippen molar-refractivity contribution in [1.29, 1.82) is 0 Å². The maximum absolute atomic E-state index is 2.44. The second kappa shape index (κ2) is 15.5. The molecule has 0 saturated carbocycles. The molecule has 0 bridgehead atoms. The SMILES string of the molecule is CC.Cc1ccc(-c2ccc(-c3ccc(C)cc3)n2-c2cccc(-c3ccc(-n4c5ccc(C(C)(C)C)cc5c5cc(C(C)(C)C)ccc54)cc3)c2)cc1.S. The molecule has 0 radical (unpaired) electrons. The molecule has 0 N–H and O–H groups in total. The maximum Gasteiger partial charge on any atom is 0.0541 e. The van der Waals surface area contributed by atoms with Crippen LogP contribution in [0.15, 0.2) is 146 Å². The van der Waals surface area contributed by atoms with E-state index in [-0.39, 0.29) is 24.3 Å². The number of fused-ring (bicyclic) bond motifs is 3. The van der Waals surface area contributed by atoms with E-state index in [4.69, 9.17) is 0 Å². The predicted octanol–water partition coefficient (Wildman–Crippen LogP) is 14.9. The highest BCUT2D eigenvalue weighted by atomic mass is 32.1. The van der Waals surface area contributed by atoms with Gasteiger partial charge in [0.2, 0.25) is 0 Å². The number of aryl methyl sites for hydroxylation is 2. The van der Waals surface area contributed by atoms with Crippen LogP contribution in [-0.2, 0) is 10.8 Å². The van der Waals surface area contributed by atoms with Crippen LogP contribution in [0.25, 0.3) is 66.8 Å². The largest absolute Gasteiger partial charge is 0.309 e. The zero-order chi connectivity index (χ0) is 38.4. The van der Waals surface area contributed by atoms with Crippen LogP contribution in [0, 0.1) is 13.8 Å². The summed E-state index contributed by atoms with van der Waals surface area (Å²) < 4.78 is 4.84. The molecule has 0 saturated heterocycles. The molecule has 2 heterocycles. The highest BCUT2D eigenvalue weighted by Crippen LogP contribution is 2.39. The van der Waals surface area contributed by atoms with Crippen molar-refractivity contribution < 1.29 is 0 Å². The van der Waals surface area contributed by atoms with Crippen LogP contribution in [0.5, 0.6) is 0 Å². The lowest BCUT2D eigenvalue weighted by atomic mass is 9.85. The third kappa shape index (κ3) is 7.68. The molecule has 0 amide bonds. The summed E-state index contributed by atoms with van der Waals surface area (Å²) in [5.74, 6) is 0. The number of nitrogens with zero attached hydrogens (tertiary/aromatic N) is 2. The summed E-state index contributed by atoms with van der Waals surface area (Å²) in [6.07, 6.45) is 0. The van der Waals surface area contributed by atoms with Gasteiger partial charge in [-0.1, -0.05) is 151 Å². The molecule has 2 aromatic heterocycles. The van der Waals surface area contributed by atoms with Gasteiger partial charge in [-0.15, -0.1) is 0 Å². The average Bonchev–Trinajstić information content (AvgIpc) is 3.75. The van der Waals surface area contributed by atoms with E-state index in [1.807, 2.05) is 13.8 Å². The first-order valence-corrected chi connectivity index (χ1v) is 19.5. The van der Waals surface area contributed by atoms with E-state index in [2.05, 4.69) is 210 Å². The zero-order valence-electron chi connectivity index (χ0n) is 34.3. The lowest BCUT2D eigenvalue weighted by molar-refractivity contribution is 0.590. The summed E-state index contributed by atoms with van der Waals surface area (Å²) >= 11 is 0. The molecule has 0 unspecified atom stereocenters. The summed E-state index contributed by atoms with van der Waals surface area (Å²) in [6, 6.07) is 54.3. The summed E-state index contributed by atoms with van der Waals surface area (Å²) in [4.78, 5) is 0. The molecule has 0 aliphatic rings. The Morgan fingerprint density at radius 3 is 1.25 bits per heavy atom. The third-order valence-corrected chi connectivity index (χ3v) is 10.6. The standard InChI is InChI=1S/C50H48N2.C2H6.H2S/c1-33-12-16-36(17-13-33)45-28-29-46(37-18-14-34(2)15-19-37)52(45)42-11-9-10-38(30-42)35-20-24-41(25-21-35)51-47-26-22-39(49(3,4)5)31-43(47)44-32-40(50(6,7)8)23-27-48(44)51;1-2;/h9-32H,1-8H3;1-2H3;1H2. The van der Waals surface area contributed by atoms with E-state index in [0.717, 1.165) is 5.69 Å². The molecule has 0 aliphatic carbocycles. The predicted molar refractivity (Wildman–Crippen MR) is 245 cm³/mol. The Hall–Kier alpha value is -5.25. The molecular weight excluding hydrogens is 685 g/mol. The van der Waals surface area contributed by atoms with Gasteiger partial charge in [-0.25, -0.2) is 0 Å². The van der Waals surface area contributed by atoms with Crippen LogP contribution in [0.3, 0.4) is 0 Å². The van der Waals surface area contributed by atoms with Crippen molar-refractivity contribution in [3.05, 3.63) is 168 Å². The molecule has 6 aromatic carbocycles. The Labute approximate surface area is 335 Å². The van der Waals surface area contributed by atoms with Crippen LogP contribution in [-0.4, -0.2) is 9.13 Å². The molecule has 280 valence electrons. The normalized spacial score (nSPS) is 11.7. The second-order valence-electron chi connectivity index (χ2n) is 16.6. The first kappa shape index (κ1) is 39.4. The van der Waals surface area contributed by atoms with Crippen LogP contribution < -0.4 is 0 Å². The quantitative estimate of drug-likeness (QED) is 0.166. The first-order chi connectivity index (χ1) is 25.8. The molecular formula is C52H56N2S. The fraction of sp³-hybridized carbons (Fsp3) is 0.231. The van der Waals surface area contributed by atoms with Crippen molar-refractivity contribution in [2.24, 2.45) is 0 Å². The van der Waals surface area contributed by atoms with Crippen molar-refractivity contribution in [2.75, 3.05) is 0 Å². The molecule has 0 atom stereocenters. The molecule has 8 aromatic rings. The van der Waals surface area contributed by atoms with Gasteiger partial charge in [0.15, 0.2) is 0 Å². The maximum atomic E-state index is 2.44. The van der Waals surface area contributed by atoms with E-state index in [1.54, 1.807) is 0 Å². The van der Waals surface area contributed by atoms with Gasteiger partial charge in [-0.2, -0.15) is 13.5 Å². The highest BCUT2D eigenvalue weighted by molar-refractivity contribution is 7.59. The number of rotatable bonds is 5. The van der Waals surface area contributed by atoms with Crippen molar-refractivity contribution in [2.45, 2.75) is 80.1 Å². The van der Waals surface area contributed by atoms with Crippen LogP contribution >= 0.6 is 13.5 Å². The van der Waals surface area contributed by atoms with Gasteiger partial charge >= 0.3 is 0 Å². The number of aromatic nitrogens is 2. The van der Waals surface area contributed by atoms with Gasteiger partial charge in [0.1, 0.15) is 0 Å². The monoisotopic (exact) mass is 740 g/mol. The number of benzene rings is 6. The van der Waals surface area contributed by atoms with E-state index in [0.29, 0.717) is 0 Å². The fourth-order valence-electron chi connectivity index (χ4n) is 7.48. The summed E-state index contributed by atoms with van der Waals surface area (Å²) in [6.45, 7) is 22.1. The second-order valence-corrected chi connectivity index (χ2v) is 16.6. The Balaban J connectivity index is 0.00000169. The minimum atomic E-state index is 0. The van der Waals surface area contributed by atoms with E-state index >= 15 is 0 Å². The minimum Gasteiger partial charge on any atom is -0.309 e. The van der Waals surface area contributed by atoms with E-state index < -0.39 is 0 Å². The smallest absolute Gasteiger partial charge is 0.0541 e. The van der Waals surface area contributed by atoms with Gasteiger partial charge in [0.25, 0.3) is 0 Å². The van der Waals surface area contributed by atoms with Gasteiger partial charge < -0.3 is 9.13 Å². The highest BCUT2D eigenvalue weighted by Gasteiger charge is 2.21. The van der Waals surface area contributed by atoms with Crippen LogP contribution in [0.4, 0.5) is 0 Å². The Morgan fingerprint density at radius 2 is 0.818 bits per heavy atom. The van der Waals surface area contributed by atoms with Crippen LogP contribution in [0.2, 0.25) is 0 Å². The van der Waals surface area contributed by atoms with Gasteiger partial charge in [-0.05, 0) is 119 Å². The van der Waals surface area contributed by atoms with Gasteiger partial charge in [-0.3, -0.25) is 0 Å². The summed E-state index contributed by atoms with van der Waals surface area (Å²) in [5.41, 5.74) is 17.3. The molecule has 8 rings (SSSR count). The van der Waals surface area contributed by atoms with E-state index in [1.165, 1.54) is 83.4 Å². The molecule has 0 spiro atoms. The van der Waals surface area contributed by atoms with Crippen molar-refractivity contribution in [3.63, 3.8) is 0 Å². The van der Waals surface area contributed by atoms with Gasteiger partial charge in [0, 0.05) is 22.1 Å². The fourth-order valence-corrected chi connectivity index (χ4v) is 7.48. The Kier molecular flexibility index (Phi) is 11.1. The number of hydrogen-bond acceptors (Lipinski definition) is 0. The minimum absolute atomic E-state index is 0. The Morgan fingerprint density at radius 1 is 0.382 bits per heavy atom. The van der Waals surface area contributed by atoms with Crippen molar-refractivity contribution in [1.82, 2.24) is 9.13 Å². The average molecular weight is 741 g/mol. The lowest BCUT2D eigenvalue weighted by Crippen LogP contribution is -2.10. The first-order valence-electron chi connectivity index (χ1n) is 19.5. The zero-order valence-corrected chi connectivity index (χ0v) is 35.3. The van der Waals surface area contributed by atoms with Gasteiger partial charge in [0.05, 0.1) is 22.4 Å². The molecule has 3 heteroatoms. The van der Waals surface area contributed by atoms with Crippen molar-refractivity contribution in [3.8, 4) is 45.0 Å². The molecule has 0 aliphatic heterocycles.